The van der Waals surface area contributed by atoms with Crippen molar-refractivity contribution in [3.05, 3.63) is 29.3 Å². The highest BCUT2D eigenvalue weighted by molar-refractivity contribution is 6.25. The van der Waals surface area contributed by atoms with Crippen LogP contribution in [0.5, 0.6) is 0 Å². The number of fused-ring (bicyclic) bond motifs is 1. The van der Waals surface area contributed by atoms with Crippen molar-refractivity contribution in [2.75, 3.05) is 44.7 Å². The van der Waals surface area contributed by atoms with Crippen LogP contribution in [-0.4, -0.2) is 96.6 Å². The Morgan fingerprint density at radius 2 is 1.89 bits per heavy atom. The van der Waals surface area contributed by atoms with E-state index < -0.39 is 41.4 Å². The van der Waals surface area contributed by atoms with Crippen molar-refractivity contribution in [1.29, 1.82) is 0 Å². The van der Waals surface area contributed by atoms with E-state index in [1.165, 1.54) is 0 Å². The molecule has 206 valence electrons. The van der Waals surface area contributed by atoms with Crippen LogP contribution in [-0.2, 0) is 19.1 Å². The number of amides is 5. The van der Waals surface area contributed by atoms with E-state index in [1.807, 2.05) is 20.8 Å². The number of hydrogen-bond donors (Lipinski definition) is 3. The van der Waals surface area contributed by atoms with E-state index in [-0.39, 0.29) is 30.0 Å². The van der Waals surface area contributed by atoms with Crippen LogP contribution in [0, 0.1) is 0 Å². The fraction of sp³-hybridized carbons (Fsp3) is 0.577. The van der Waals surface area contributed by atoms with Crippen molar-refractivity contribution >= 4 is 35.4 Å². The lowest BCUT2D eigenvalue weighted by Crippen LogP contribution is -2.54. The van der Waals surface area contributed by atoms with Gasteiger partial charge in [0.1, 0.15) is 11.6 Å². The molecule has 38 heavy (non-hydrogen) atoms. The molecule has 0 aromatic heterocycles. The molecule has 3 heterocycles. The zero-order chi connectivity index (χ0) is 27.4. The molecule has 2 saturated heterocycles. The number of ether oxygens (including phenoxy) is 2. The number of nitrogens with one attached hydrogen (secondary N) is 3. The second kappa shape index (κ2) is 11.5. The summed E-state index contributed by atoms with van der Waals surface area (Å²) in [7, 11) is 0. The molecule has 0 radical (unpaired) electrons. The SMILES string of the molecule is CC(C)(C)OC(=O)NC1CCN(CCOCCNc2cccc3c2C(=O)N(C2CCC(=O)NC2=O)C3=O)C1. The Kier molecular flexibility index (Phi) is 8.32. The molecule has 1 aromatic carbocycles. The van der Waals surface area contributed by atoms with E-state index in [2.05, 4.69) is 20.9 Å². The third kappa shape index (κ3) is 6.48. The summed E-state index contributed by atoms with van der Waals surface area (Å²) in [5.74, 6) is -2.13. The number of benzene rings is 1. The molecule has 0 spiro atoms. The predicted octanol–water partition coefficient (Wildman–Crippen LogP) is 1.12. The number of carbonyl (C=O) groups is 5. The van der Waals surface area contributed by atoms with Gasteiger partial charge in [0.25, 0.3) is 11.8 Å². The molecule has 0 bridgehead atoms. The average molecular weight is 530 g/mol. The Morgan fingerprint density at radius 1 is 1.11 bits per heavy atom. The Labute approximate surface area is 221 Å². The van der Waals surface area contributed by atoms with Gasteiger partial charge in [-0.2, -0.15) is 0 Å². The number of rotatable bonds is 9. The van der Waals surface area contributed by atoms with Crippen LogP contribution < -0.4 is 16.0 Å². The van der Waals surface area contributed by atoms with Gasteiger partial charge >= 0.3 is 6.09 Å². The minimum atomic E-state index is -0.999. The second-order valence-electron chi connectivity index (χ2n) is 10.6. The van der Waals surface area contributed by atoms with E-state index in [0.29, 0.717) is 25.4 Å². The Morgan fingerprint density at radius 3 is 2.63 bits per heavy atom. The van der Waals surface area contributed by atoms with Gasteiger partial charge < -0.3 is 20.1 Å². The summed E-state index contributed by atoms with van der Waals surface area (Å²) in [5.41, 5.74) is 0.423. The van der Waals surface area contributed by atoms with Gasteiger partial charge in [-0.3, -0.25) is 34.3 Å². The number of likely N-dealkylation sites (tertiary alicyclic amines) is 1. The Bertz CT molecular complexity index is 1120. The maximum Gasteiger partial charge on any atom is 0.407 e. The normalized spacial score (nSPS) is 21.9. The van der Waals surface area contributed by atoms with Gasteiger partial charge in [0, 0.05) is 44.3 Å². The molecular weight excluding hydrogens is 494 g/mol. The summed E-state index contributed by atoms with van der Waals surface area (Å²) in [6.45, 7) is 9.12. The summed E-state index contributed by atoms with van der Waals surface area (Å²) >= 11 is 0. The molecule has 12 heteroatoms. The lowest BCUT2D eigenvalue weighted by atomic mass is 10.0. The fourth-order valence-corrected chi connectivity index (χ4v) is 4.84. The van der Waals surface area contributed by atoms with Crippen molar-refractivity contribution in [1.82, 2.24) is 20.4 Å². The molecular formula is C26H35N5O7. The summed E-state index contributed by atoms with van der Waals surface area (Å²) in [6, 6.07) is 3.99. The van der Waals surface area contributed by atoms with Crippen molar-refractivity contribution in [3.8, 4) is 0 Å². The number of anilines is 1. The molecule has 0 aliphatic carbocycles. The topological polar surface area (TPSA) is 146 Å². The summed E-state index contributed by atoms with van der Waals surface area (Å²) in [5, 5.41) is 8.26. The lowest BCUT2D eigenvalue weighted by molar-refractivity contribution is -0.136. The molecule has 5 amide bonds. The second-order valence-corrected chi connectivity index (χ2v) is 10.6. The molecule has 2 fully saturated rings. The molecule has 2 unspecified atom stereocenters. The number of alkyl carbamates (subject to hydrolysis) is 1. The van der Waals surface area contributed by atoms with E-state index >= 15 is 0 Å². The molecule has 0 saturated carbocycles. The van der Waals surface area contributed by atoms with Crippen LogP contribution in [0.2, 0.25) is 0 Å². The first-order valence-corrected chi connectivity index (χ1v) is 12.9. The molecule has 4 rings (SSSR count). The first-order chi connectivity index (χ1) is 18.0. The van der Waals surface area contributed by atoms with Crippen molar-refractivity contribution < 1.29 is 33.4 Å². The largest absolute Gasteiger partial charge is 0.444 e. The zero-order valence-corrected chi connectivity index (χ0v) is 22.0. The van der Waals surface area contributed by atoms with Crippen LogP contribution in [0.3, 0.4) is 0 Å². The third-order valence-corrected chi connectivity index (χ3v) is 6.58. The highest BCUT2D eigenvalue weighted by Crippen LogP contribution is 2.32. The maximum atomic E-state index is 13.1. The van der Waals surface area contributed by atoms with E-state index in [1.54, 1.807) is 18.2 Å². The van der Waals surface area contributed by atoms with E-state index in [4.69, 9.17) is 9.47 Å². The predicted molar refractivity (Wildman–Crippen MR) is 137 cm³/mol. The average Bonchev–Trinajstić information content (AvgIpc) is 3.37. The van der Waals surface area contributed by atoms with Crippen molar-refractivity contribution in [2.24, 2.45) is 0 Å². The number of imide groups is 2. The van der Waals surface area contributed by atoms with E-state index in [0.717, 1.165) is 31.0 Å². The zero-order valence-electron chi connectivity index (χ0n) is 22.0. The van der Waals surface area contributed by atoms with Crippen LogP contribution in [0.4, 0.5) is 10.5 Å². The van der Waals surface area contributed by atoms with Gasteiger partial charge in [0.15, 0.2) is 0 Å². The molecule has 3 aliphatic rings. The molecule has 1 aromatic rings. The Hall–Kier alpha value is -3.51. The first kappa shape index (κ1) is 27.5. The maximum absolute atomic E-state index is 13.1. The third-order valence-electron chi connectivity index (χ3n) is 6.58. The van der Waals surface area contributed by atoms with Gasteiger partial charge in [-0.1, -0.05) is 6.07 Å². The van der Waals surface area contributed by atoms with Crippen molar-refractivity contribution in [3.63, 3.8) is 0 Å². The molecule has 12 nitrogen and oxygen atoms in total. The smallest absolute Gasteiger partial charge is 0.407 e. The number of carbonyl (C=O) groups excluding carboxylic acids is 5. The monoisotopic (exact) mass is 529 g/mol. The quantitative estimate of drug-likeness (QED) is 0.316. The summed E-state index contributed by atoms with van der Waals surface area (Å²) in [6.07, 6.45) is 0.633. The van der Waals surface area contributed by atoms with Gasteiger partial charge in [0.2, 0.25) is 11.8 Å². The van der Waals surface area contributed by atoms with Crippen LogP contribution in [0.15, 0.2) is 18.2 Å². The lowest BCUT2D eigenvalue weighted by Gasteiger charge is -2.27. The number of hydrogen-bond acceptors (Lipinski definition) is 9. The Balaban J connectivity index is 1.20. The minimum absolute atomic E-state index is 0.0479. The van der Waals surface area contributed by atoms with Crippen LogP contribution in [0.25, 0.3) is 0 Å². The first-order valence-electron chi connectivity index (χ1n) is 12.9. The minimum Gasteiger partial charge on any atom is -0.444 e. The van der Waals surface area contributed by atoms with Gasteiger partial charge in [-0.25, -0.2) is 4.79 Å². The number of piperidine rings is 1. The van der Waals surface area contributed by atoms with Gasteiger partial charge in [0.05, 0.1) is 24.3 Å². The highest BCUT2D eigenvalue weighted by Gasteiger charge is 2.45. The van der Waals surface area contributed by atoms with Crippen LogP contribution in [0.1, 0.15) is 60.7 Å². The highest BCUT2D eigenvalue weighted by atomic mass is 16.6. The summed E-state index contributed by atoms with van der Waals surface area (Å²) < 4.78 is 11.1. The van der Waals surface area contributed by atoms with Gasteiger partial charge in [-0.15, -0.1) is 0 Å². The fourth-order valence-electron chi connectivity index (χ4n) is 4.84. The molecule has 3 N–H and O–H groups in total. The van der Waals surface area contributed by atoms with Crippen LogP contribution >= 0.6 is 0 Å². The standard InChI is InChI=1S/C26H35N5O7/c1-26(2,3)38-25(36)28-16-9-11-30(15-16)12-14-37-13-10-27-18-6-4-5-17-21(18)24(35)31(23(17)34)19-7-8-20(32)29-22(19)33/h4-6,16,19,27H,7-15H2,1-3H3,(H,28,36)(H,29,32,33). The van der Waals surface area contributed by atoms with E-state index in [9.17, 15) is 24.0 Å². The number of nitrogens with zero attached hydrogens (tertiary/aromatic N) is 2. The van der Waals surface area contributed by atoms with Gasteiger partial charge in [-0.05, 0) is 45.7 Å². The van der Waals surface area contributed by atoms with Crippen molar-refractivity contribution in [2.45, 2.75) is 57.7 Å². The molecule has 3 aliphatic heterocycles. The molecule has 2 atom stereocenters. The summed E-state index contributed by atoms with van der Waals surface area (Å²) in [4.78, 5) is 64.9.